The highest BCUT2D eigenvalue weighted by atomic mass is 16.5. The Bertz CT molecular complexity index is 1210. The monoisotopic (exact) mass is 456 g/mol. The van der Waals surface area contributed by atoms with Gasteiger partial charge in [-0.15, -0.1) is 0 Å². The third kappa shape index (κ3) is 4.60. The first kappa shape index (κ1) is 23.2. The number of nitrogens with two attached hydrogens (primary N) is 2. The van der Waals surface area contributed by atoms with E-state index in [-0.39, 0.29) is 30.1 Å². The number of carboxylic acid groups (broad SMARTS) is 1. The number of fused-ring (bicyclic) bond motifs is 2. The average Bonchev–Trinajstić information content (AvgIpc) is 2.73. The minimum absolute atomic E-state index is 0.121. The van der Waals surface area contributed by atoms with Gasteiger partial charge in [0.05, 0.1) is 16.7 Å². The number of hydrogen-bond acceptors (Lipinski definition) is 9. The number of aromatic hydroxyl groups is 2. The lowest BCUT2D eigenvalue weighted by molar-refractivity contribution is -0.136. The van der Waals surface area contributed by atoms with E-state index in [0.717, 1.165) is 24.3 Å². The molecule has 0 radical (unpaired) electrons. The summed E-state index contributed by atoms with van der Waals surface area (Å²) in [6, 6.07) is 2.55. The van der Waals surface area contributed by atoms with Crippen LogP contribution in [0.15, 0.2) is 24.3 Å². The second kappa shape index (κ2) is 8.96. The molecule has 172 valence electrons. The first-order valence-corrected chi connectivity index (χ1v) is 9.63. The molecule has 0 spiro atoms. The molecule has 12 heteroatoms. The van der Waals surface area contributed by atoms with Crippen LogP contribution in [0.1, 0.15) is 55.0 Å². The van der Waals surface area contributed by atoms with Crippen LogP contribution in [0.2, 0.25) is 0 Å². The molecule has 1 atom stereocenters. The number of guanidine groups is 1. The Labute approximate surface area is 186 Å². The molecule has 0 aromatic heterocycles. The summed E-state index contributed by atoms with van der Waals surface area (Å²) < 4.78 is 5.22. The van der Waals surface area contributed by atoms with Gasteiger partial charge >= 0.3 is 11.9 Å². The Hall–Kier alpha value is -4.45. The molecule has 0 amide bonds. The Morgan fingerprint density at radius 2 is 1.73 bits per heavy atom. The molecule has 0 heterocycles. The number of carbonyl (C=O) groups excluding carboxylic acids is 3. The molecule has 9 N–H and O–H groups in total. The van der Waals surface area contributed by atoms with Gasteiger partial charge in [-0.25, -0.2) is 9.59 Å². The lowest BCUT2D eigenvalue weighted by Crippen LogP contribution is -2.37. The van der Waals surface area contributed by atoms with Gasteiger partial charge in [-0.05, 0) is 31.0 Å². The number of nitrogens with one attached hydrogen (secondary N) is 2. The van der Waals surface area contributed by atoms with Crippen molar-refractivity contribution in [2.24, 2.45) is 11.5 Å². The van der Waals surface area contributed by atoms with Crippen molar-refractivity contribution >= 4 is 29.5 Å². The van der Waals surface area contributed by atoms with Gasteiger partial charge in [0.15, 0.2) is 11.7 Å². The van der Waals surface area contributed by atoms with E-state index in [4.69, 9.17) is 21.6 Å². The van der Waals surface area contributed by atoms with E-state index >= 15 is 0 Å². The number of carbonyl (C=O) groups is 4. The summed E-state index contributed by atoms with van der Waals surface area (Å²) in [6.07, 6.45) is 0.473. The topological polar surface area (TPSA) is 226 Å². The van der Waals surface area contributed by atoms with Gasteiger partial charge in [-0.2, -0.15) is 0 Å². The largest absolute Gasteiger partial charge is 0.508 e. The van der Waals surface area contributed by atoms with Crippen molar-refractivity contribution in [2.75, 3.05) is 6.54 Å². The Kier molecular flexibility index (Phi) is 6.31. The summed E-state index contributed by atoms with van der Waals surface area (Å²) in [6.45, 7) is 0.274. The molecule has 0 fully saturated rings. The van der Waals surface area contributed by atoms with Crippen LogP contribution in [0.25, 0.3) is 0 Å². The van der Waals surface area contributed by atoms with E-state index in [0.29, 0.717) is 6.42 Å². The maximum Gasteiger partial charge on any atom is 0.335 e. The fourth-order valence-electron chi connectivity index (χ4n) is 3.38. The smallest absolute Gasteiger partial charge is 0.335 e. The van der Waals surface area contributed by atoms with Crippen LogP contribution < -0.4 is 21.5 Å². The summed E-state index contributed by atoms with van der Waals surface area (Å²) in [5.41, 5.74) is 9.05. The number of ketones is 2. The van der Waals surface area contributed by atoms with E-state index in [2.05, 4.69) is 5.32 Å². The second-order valence-electron chi connectivity index (χ2n) is 7.26. The SMILES string of the molecule is N=C(N)NCCC[C@H](N)C(=O)Oc1cc(C(=O)O)cc2c1C(=O)c1c(O)cc(O)cc1C2=O. The quantitative estimate of drug-likeness (QED) is 0.0827. The molecule has 2 aromatic rings. The van der Waals surface area contributed by atoms with Gasteiger partial charge < -0.3 is 36.8 Å². The van der Waals surface area contributed by atoms with Gasteiger partial charge in [-0.1, -0.05) is 0 Å². The number of carboxylic acids is 1. The van der Waals surface area contributed by atoms with Crippen LogP contribution in [0.4, 0.5) is 0 Å². The second-order valence-corrected chi connectivity index (χ2v) is 7.26. The fourth-order valence-corrected chi connectivity index (χ4v) is 3.38. The molecule has 12 nitrogen and oxygen atoms in total. The number of hydrogen-bond donors (Lipinski definition) is 7. The van der Waals surface area contributed by atoms with Crippen molar-refractivity contribution in [3.63, 3.8) is 0 Å². The number of esters is 1. The molecule has 3 rings (SSSR count). The van der Waals surface area contributed by atoms with E-state index in [9.17, 15) is 34.5 Å². The minimum Gasteiger partial charge on any atom is -0.508 e. The number of ether oxygens (including phenoxy) is 1. The summed E-state index contributed by atoms with van der Waals surface area (Å²) >= 11 is 0. The number of phenolic OH excluding ortho intramolecular Hbond substituents is 2. The van der Waals surface area contributed by atoms with Crippen molar-refractivity contribution in [3.8, 4) is 17.2 Å². The lowest BCUT2D eigenvalue weighted by atomic mass is 9.82. The molecule has 0 bridgehead atoms. The third-order valence-electron chi connectivity index (χ3n) is 4.92. The zero-order valence-corrected chi connectivity index (χ0v) is 17.0. The highest BCUT2D eigenvalue weighted by molar-refractivity contribution is 6.30. The predicted molar refractivity (Wildman–Crippen MR) is 113 cm³/mol. The van der Waals surface area contributed by atoms with Crippen LogP contribution in [0.3, 0.4) is 0 Å². The number of rotatable bonds is 7. The highest BCUT2D eigenvalue weighted by Crippen LogP contribution is 2.39. The van der Waals surface area contributed by atoms with Gasteiger partial charge in [0, 0.05) is 23.7 Å². The predicted octanol–water partition coefficient (Wildman–Crippen LogP) is 0.0674. The van der Waals surface area contributed by atoms with Gasteiger partial charge in [0.25, 0.3) is 0 Å². The average molecular weight is 456 g/mol. The van der Waals surface area contributed by atoms with Crippen LogP contribution in [0.5, 0.6) is 17.2 Å². The van der Waals surface area contributed by atoms with Gasteiger partial charge in [0.1, 0.15) is 23.3 Å². The van der Waals surface area contributed by atoms with E-state index in [1.165, 1.54) is 0 Å². The fraction of sp³-hybridized carbons (Fsp3) is 0.190. The van der Waals surface area contributed by atoms with Crippen molar-refractivity contribution in [3.05, 3.63) is 52.1 Å². The zero-order valence-electron chi connectivity index (χ0n) is 17.0. The number of benzene rings is 2. The standard InChI is InChI=1S/C21H20N4O8/c22-12(2-1-3-25-21(23)24)20(32)33-14-5-8(19(30)31)4-10-16(14)18(29)15-11(17(10)28)6-9(26)7-13(15)27/h4-7,12,26-27H,1-3,22H2,(H,30,31)(H4,23,24,25)/t12-/m0/s1. The summed E-state index contributed by atoms with van der Waals surface area (Å²) in [7, 11) is 0. The molecule has 0 saturated carbocycles. The van der Waals surface area contributed by atoms with Crippen molar-refractivity contribution in [1.29, 1.82) is 5.41 Å². The van der Waals surface area contributed by atoms with Gasteiger partial charge in [-0.3, -0.25) is 15.0 Å². The summed E-state index contributed by atoms with van der Waals surface area (Å²) in [5, 5.41) is 38.8. The summed E-state index contributed by atoms with van der Waals surface area (Å²) in [4.78, 5) is 50.1. The molecular formula is C21H20N4O8. The highest BCUT2D eigenvalue weighted by Gasteiger charge is 2.37. The minimum atomic E-state index is -1.44. The zero-order chi connectivity index (χ0) is 24.4. The maximum absolute atomic E-state index is 13.1. The molecule has 0 unspecified atom stereocenters. The molecule has 33 heavy (non-hydrogen) atoms. The van der Waals surface area contributed by atoms with E-state index < -0.39 is 63.5 Å². The van der Waals surface area contributed by atoms with E-state index in [1.54, 1.807) is 0 Å². The number of phenols is 2. The molecule has 1 aliphatic carbocycles. The first-order chi connectivity index (χ1) is 15.5. The molecule has 0 aliphatic heterocycles. The van der Waals surface area contributed by atoms with Crippen LogP contribution in [-0.2, 0) is 4.79 Å². The molecule has 0 saturated heterocycles. The van der Waals surface area contributed by atoms with Crippen molar-refractivity contribution < 1.29 is 39.2 Å². The molecule has 1 aliphatic rings. The number of aromatic carboxylic acids is 1. The van der Waals surface area contributed by atoms with Crippen LogP contribution >= 0.6 is 0 Å². The Morgan fingerprint density at radius 1 is 1.06 bits per heavy atom. The molecule has 2 aromatic carbocycles. The maximum atomic E-state index is 13.1. The first-order valence-electron chi connectivity index (χ1n) is 9.63. The lowest BCUT2D eigenvalue weighted by Gasteiger charge is -2.22. The van der Waals surface area contributed by atoms with Crippen LogP contribution in [-0.4, -0.2) is 57.4 Å². The van der Waals surface area contributed by atoms with Crippen molar-refractivity contribution in [1.82, 2.24) is 5.32 Å². The van der Waals surface area contributed by atoms with Gasteiger partial charge in [0.2, 0.25) is 5.78 Å². The molecular weight excluding hydrogens is 436 g/mol. The van der Waals surface area contributed by atoms with E-state index in [1.807, 2.05) is 0 Å². The Balaban J connectivity index is 1.98. The summed E-state index contributed by atoms with van der Waals surface area (Å²) in [5.74, 6) is -6.04. The normalized spacial score (nSPS) is 13.0. The van der Waals surface area contributed by atoms with Crippen LogP contribution in [0, 0.1) is 5.41 Å². The third-order valence-corrected chi connectivity index (χ3v) is 4.92. The Morgan fingerprint density at radius 3 is 2.36 bits per heavy atom. The van der Waals surface area contributed by atoms with Crippen molar-refractivity contribution in [2.45, 2.75) is 18.9 Å².